The minimum absolute atomic E-state index is 0.195. The van der Waals surface area contributed by atoms with Crippen molar-refractivity contribution in [2.45, 2.75) is 59.8 Å². The molecule has 0 spiro atoms. The number of hydrogen-bond acceptors (Lipinski definition) is 2. The van der Waals surface area contributed by atoms with Gasteiger partial charge in [-0.25, -0.2) is 0 Å². The number of hydrogen-bond donors (Lipinski definition) is 1. The Labute approximate surface area is 141 Å². The highest BCUT2D eigenvalue weighted by molar-refractivity contribution is 5.75. The van der Waals surface area contributed by atoms with Gasteiger partial charge in [-0.15, -0.1) is 0 Å². The summed E-state index contributed by atoms with van der Waals surface area (Å²) in [4.78, 5) is 4.36. The molecule has 0 fully saturated rings. The molecule has 0 amide bonds. The summed E-state index contributed by atoms with van der Waals surface area (Å²) in [6, 6.07) is 2.15. The zero-order valence-corrected chi connectivity index (χ0v) is 15.1. The van der Waals surface area contributed by atoms with Crippen LogP contribution in [0.1, 0.15) is 64.5 Å². The number of rotatable bonds is 6. The first kappa shape index (κ1) is 17.5. The van der Waals surface area contributed by atoms with Crippen LogP contribution in [0.3, 0.4) is 0 Å². The third-order valence-corrected chi connectivity index (χ3v) is 5.14. The van der Waals surface area contributed by atoms with E-state index in [2.05, 4.69) is 51.4 Å². The van der Waals surface area contributed by atoms with Gasteiger partial charge in [0.05, 0.1) is 0 Å². The van der Waals surface area contributed by atoms with Crippen LogP contribution in [0.4, 0.5) is 0 Å². The summed E-state index contributed by atoms with van der Waals surface area (Å²) >= 11 is 0. The molecule has 0 bridgehead atoms. The lowest BCUT2D eigenvalue weighted by molar-refractivity contribution is 0.294. The van der Waals surface area contributed by atoms with Gasteiger partial charge >= 0.3 is 0 Å². The molecule has 0 unspecified atom stereocenters. The molecular formula is C21H30N2. The summed E-state index contributed by atoms with van der Waals surface area (Å²) in [7, 11) is 0. The van der Waals surface area contributed by atoms with E-state index in [1.54, 1.807) is 0 Å². The topological polar surface area (TPSA) is 38.9 Å². The van der Waals surface area contributed by atoms with Gasteiger partial charge in [0.25, 0.3) is 0 Å². The van der Waals surface area contributed by atoms with Gasteiger partial charge in [0.2, 0.25) is 0 Å². The van der Waals surface area contributed by atoms with Crippen LogP contribution in [-0.4, -0.2) is 4.98 Å². The van der Waals surface area contributed by atoms with Gasteiger partial charge < -0.3 is 5.73 Å². The molecule has 0 radical (unpaired) electrons. The maximum absolute atomic E-state index is 5.93. The minimum atomic E-state index is 0.195. The van der Waals surface area contributed by atoms with Gasteiger partial charge in [0.15, 0.2) is 0 Å². The van der Waals surface area contributed by atoms with E-state index >= 15 is 0 Å². The van der Waals surface area contributed by atoms with Gasteiger partial charge in [-0.3, -0.25) is 4.98 Å². The highest BCUT2D eigenvalue weighted by Crippen LogP contribution is 2.49. The van der Waals surface area contributed by atoms with Gasteiger partial charge in [-0.05, 0) is 72.4 Å². The van der Waals surface area contributed by atoms with E-state index < -0.39 is 0 Å². The number of fused-ring (bicyclic) bond motifs is 1. The van der Waals surface area contributed by atoms with Gasteiger partial charge in [0.1, 0.15) is 0 Å². The number of nitrogens with zero attached hydrogens (tertiary/aromatic N) is 1. The molecular weight excluding hydrogens is 280 g/mol. The van der Waals surface area contributed by atoms with Crippen molar-refractivity contribution < 1.29 is 0 Å². The second kappa shape index (κ2) is 7.16. The zero-order valence-electron chi connectivity index (χ0n) is 15.1. The predicted molar refractivity (Wildman–Crippen MR) is 99.9 cm³/mol. The molecule has 1 aliphatic rings. The molecule has 1 aliphatic carbocycles. The SMILES string of the molecule is C=C(N)/C(C)=C/C1=C(C)c2ccncc2CC1(CCC)CCC. The van der Waals surface area contributed by atoms with E-state index in [-0.39, 0.29) is 5.41 Å². The van der Waals surface area contributed by atoms with E-state index in [0.717, 1.165) is 12.0 Å². The molecule has 0 atom stereocenters. The van der Waals surface area contributed by atoms with E-state index in [9.17, 15) is 0 Å². The summed E-state index contributed by atoms with van der Waals surface area (Å²) in [6.45, 7) is 12.8. The van der Waals surface area contributed by atoms with Crippen LogP contribution in [0, 0.1) is 5.41 Å². The Balaban J connectivity index is 2.68. The lowest BCUT2D eigenvalue weighted by atomic mass is 9.63. The van der Waals surface area contributed by atoms with Crippen LogP contribution in [0.2, 0.25) is 0 Å². The largest absolute Gasteiger partial charge is 0.399 e. The second-order valence-corrected chi connectivity index (χ2v) is 6.88. The third-order valence-electron chi connectivity index (χ3n) is 5.14. The molecule has 1 heterocycles. The highest BCUT2D eigenvalue weighted by atomic mass is 14.6. The molecule has 0 saturated carbocycles. The maximum atomic E-state index is 5.93. The molecule has 0 aromatic carbocycles. The van der Waals surface area contributed by atoms with Crippen LogP contribution in [0.5, 0.6) is 0 Å². The minimum Gasteiger partial charge on any atom is -0.399 e. The average Bonchev–Trinajstić information content (AvgIpc) is 2.51. The van der Waals surface area contributed by atoms with Crippen LogP contribution in [-0.2, 0) is 6.42 Å². The Morgan fingerprint density at radius 2 is 2.00 bits per heavy atom. The van der Waals surface area contributed by atoms with Crippen LogP contribution in [0.15, 0.2) is 48.0 Å². The molecule has 2 heteroatoms. The molecule has 1 aromatic rings. The fourth-order valence-electron chi connectivity index (χ4n) is 4.04. The van der Waals surface area contributed by atoms with Crippen molar-refractivity contribution in [1.29, 1.82) is 0 Å². The maximum Gasteiger partial charge on any atom is 0.0306 e. The molecule has 2 N–H and O–H groups in total. The molecule has 0 saturated heterocycles. The van der Waals surface area contributed by atoms with Gasteiger partial charge in [-0.1, -0.05) is 39.3 Å². The van der Waals surface area contributed by atoms with Crippen LogP contribution in [0.25, 0.3) is 5.57 Å². The lowest BCUT2D eigenvalue weighted by Crippen LogP contribution is -2.30. The fraction of sp³-hybridized carbons (Fsp3) is 0.476. The first-order valence-corrected chi connectivity index (χ1v) is 8.73. The average molecular weight is 310 g/mol. The van der Waals surface area contributed by atoms with Crippen molar-refractivity contribution in [2.24, 2.45) is 11.1 Å². The van der Waals surface area contributed by atoms with Crippen molar-refractivity contribution in [3.63, 3.8) is 0 Å². The van der Waals surface area contributed by atoms with E-state index in [1.165, 1.54) is 48.0 Å². The summed E-state index contributed by atoms with van der Waals surface area (Å²) in [5, 5.41) is 0. The normalized spacial score (nSPS) is 17.1. The molecule has 0 aliphatic heterocycles. The standard InChI is InChI=1S/C21H30N2/c1-6-9-21(10-7-2)13-18-14-23-11-8-19(18)16(4)20(21)12-15(3)17(5)22/h8,11-12,14H,5-7,9-10,13,22H2,1-4H3/b15-12+. The summed E-state index contributed by atoms with van der Waals surface area (Å²) in [6.07, 6.45) is 12.1. The number of allylic oxidation sites excluding steroid dienone is 4. The van der Waals surface area contributed by atoms with E-state index in [1.807, 2.05) is 12.4 Å². The number of aromatic nitrogens is 1. The van der Waals surface area contributed by atoms with Crippen molar-refractivity contribution in [3.8, 4) is 0 Å². The van der Waals surface area contributed by atoms with Crippen LogP contribution >= 0.6 is 0 Å². The van der Waals surface area contributed by atoms with Gasteiger partial charge in [0, 0.05) is 18.1 Å². The monoisotopic (exact) mass is 310 g/mol. The van der Waals surface area contributed by atoms with E-state index in [4.69, 9.17) is 5.73 Å². The number of nitrogens with two attached hydrogens (primary N) is 1. The lowest BCUT2D eigenvalue weighted by Gasteiger charge is -2.41. The van der Waals surface area contributed by atoms with Crippen molar-refractivity contribution in [2.75, 3.05) is 0 Å². The Kier molecular flexibility index (Phi) is 5.46. The number of pyridine rings is 1. The first-order chi connectivity index (χ1) is 10.9. The smallest absolute Gasteiger partial charge is 0.0306 e. The Hall–Kier alpha value is -1.83. The first-order valence-electron chi connectivity index (χ1n) is 8.73. The quantitative estimate of drug-likeness (QED) is 0.713. The summed E-state index contributed by atoms with van der Waals surface area (Å²) in [5.74, 6) is 0. The highest BCUT2D eigenvalue weighted by Gasteiger charge is 2.37. The fourth-order valence-corrected chi connectivity index (χ4v) is 4.04. The summed E-state index contributed by atoms with van der Waals surface area (Å²) < 4.78 is 0. The van der Waals surface area contributed by atoms with Crippen molar-refractivity contribution in [3.05, 3.63) is 59.1 Å². The molecule has 23 heavy (non-hydrogen) atoms. The molecule has 2 rings (SSSR count). The Bertz CT molecular complexity index is 644. The van der Waals surface area contributed by atoms with Crippen molar-refractivity contribution >= 4 is 5.57 Å². The molecule has 124 valence electrons. The van der Waals surface area contributed by atoms with Crippen molar-refractivity contribution in [1.82, 2.24) is 4.98 Å². The second-order valence-electron chi connectivity index (χ2n) is 6.88. The zero-order chi connectivity index (χ0) is 17.0. The molecule has 2 nitrogen and oxygen atoms in total. The Morgan fingerprint density at radius 1 is 1.35 bits per heavy atom. The predicted octanol–water partition coefficient (Wildman–Crippen LogP) is 5.42. The van der Waals surface area contributed by atoms with E-state index in [0.29, 0.717) is 5.70 Å². The Morgan fingerprint density at radius 3 is 2.57 bits per heavy atom. The molecule has 1 aromatic heterocycles. The van der Waals surface area contributed by atoms with Gasteiger partial charge in [-0.2, -0.15) is 0 Å². The third kappa shape index (κ3) is 3.41. The summed E-state index contributed by atoms with van der Waals surface area (Å²) in [5.41, 5.74) is 13.4. The van der Waals surface area contributed by atoms with Crippen LogP contribution < -0.4 is 5.73 Å².